The van der Waals surface area contributed by atoms with Gasteiger partial charge in [-0.3, -0.25) is 9.88 Å². The van der Waals surface area contributed by atoms with Gasteiger partial charge in [0, 0.05) is 37.3 Å². The van der Waals surface area contributed by atoms with Gasteiger partial charge in [0.2, 0.25) is 0 Å². The van der Waals surface area contributed by atoms with Crippen LogP contribution in [0.4, 0.5) is 0 Å². The SMILES string of the molecule is S=C1N[C@@H](c2ccccn2)[C@@H](c2ccc(Cl)s2)N1CCCN1CCOCC1. The van der Waals surface area contributed by atoms with Crippen molar-refractivity contribution in [3.05, 3.63) is 51.4 Å². The molecule has 2 aromatic rings. The first-order chi connectivity index (χ1) is 13.2. The van der Waals surface area contributed by atoms with Gasteiger partial charge in [-0.15, -0.1) is 11.3 Å². The van der Waals surface area contributed by atoms with Crippen molar-refractivity contribution in [1.82, 2.24) is 20.1 Å². The number of rotatable bonds is 6. The van der Waals surface area contributed by atoms with Crippen LogP contribution in [0.15, 0.2) is 36.5 Å². The third-order valence-corrected chi connectivity index (χ3v) is 6.71. The molecule has 27 heavy (non-hydrogen) atoms. The van der Waals surface area contributed by atoms with Crippen LogP contribution in [0.2, 0.25) is 4.34 Å². The molecular formula is C19H23ClN4OS2. The second-order valence-corrected chi connectivity index (χ2v) is 8.90. The van der Waals surface area contributed by atoms with Crippen LogP contribution in [-0.2, 0) is 4.74 Å². The number of hydrogen-bond donors (Lipinski definition) is 1. The number of nitrogens with one attached hydrogen (secondary N) is 1. The number of halogens is 1. The van der Waals surface area contributed by atoms with E-state index in [0.717, 1.165) is 61.0 Å². The average molecular weight is 423 g/mol. The molecule has 8 heteroatoms. The molecule has 0 saturated carbocycles. The van der Waals surface area contributed by atoms with E-state index in [-0.39, 0.29) is 12.1 Å². The number of ether oxygens (including phenoxy) is 1. The Labute approximate surface area is 174 Å². The van der Waals surface area contributed by atoms with Gasteiger partial charge < -0.3 is 15.0 Å². The molecule has 0 aromatic carbocycles. The second-order valence-electron chi connectivity index (χ2n) is 6.77. The van der Waals surface area contributed by atoms with Crippen molar-refractivity contribution in [2.45, 2.75) is 18.5 Å². The molecule has 5 nitrogen and oxygen atoms in total. The van der Waals surface area contributed by atoms with Gasteiger partial charge in [0.15, 0.2) is 5.11 Å². The summed E-state index contributed by atoms with van der Waals surface area (Å²) in [5.41, 5.74) is 1.00. The third kappa shape index (κ3) is 4.43. The minimum absolute atomic E-state index is 0.0387. The van der Waals surface area contributed by atoms with Gasteiger partial charge in [0.25, 0.3) is 0 Å². The minimum Gasteiger partial charge on any atom is -0.379 e. The van der Waals surface area contributed by atoms with Gasteiger partial charge >= 0.3 is 0 Å². The van der Waals surface area contributed by atoms with Crippen LogP contribution in [0.1, 0.15) is 29.1 Å². The fraction of sp³-hybridized carbons (Fsp3) is 0.474. The Morgan fingerprint density at radius 3 is 2.78 bits per heavy atom. The van der Waals surface area contributed by atoms with Crippen molar-refractivity contribution in [3.63, 3.8) is 0 Å². The summed E-state index contributed by atoms with van der Waals surface area (Å²) in [6, 6.07) is 10.2. The Morgan fingerprint density at radius 1 is 1.22 bits per heavy atom. The van der Waals surface area contributed by atoms with Crippen molar-refractivity contribution < 1.29 is 4.74 Å². The Bertz CT molecular complexity index is 766. The number of thiocarbonyl (C=S) groups is 1. The Hall–Kier alpha value is -1.25. The lowest BCUT2D eigenvalue weighted by atomic mass is 10.0. The molecule has 2 aliphatic heterocycles. The van der Waals surface area contributed by atoms with E-state index < -0.39 is 0 Å². The molecule has 0 amide bonds. The first-order valence-electron chi connectivity index (χ1n) is 9.26. The van der Waals surface area contributed by atoms with E-state index in [1.165, 1.54) is 4.88 Å². The highest BCUT2D eigenvalue weighted by molar-refractivity contribution is 7.80. The summed E-state index contributed by atoms with van der Waals surface area (Å²) in [6.07, 6.45) is 2.89. The second kappa shape index (κ2) is 8.84. The van der Waals surface area contributed by atoms with Gasteiger partial charge in [0.1, 0.15) is 0 Å². The van der Waals surface area contributed by atoms with Crippen LogP contribution in [-0.4, -0.2) is 59.3 Å². The molecule has 2 aliphatic rings. The van der Waals surface area contributed by atoms with E-state index in [1.807, 2.05) is 24.4 Å². The van der Waals surface area contributed by atoms with E-state index in [2.05, 4.69) is 32.2 Å². The highest BCUT2D eigenvalue weighted by atomic mass is 35.5. The van der Waals surface area contributed by atoms with Gasteiger partial charge in [0.05, 0.1) is 35.3 Å². The van der Waals surface area contributed by atoms with Crippen LogP contribution < -0.4 is 5.32 Å². The maximum Gasteiger partial charge on any atom is 0.170 e. The average Bonchev–Trinajstić information content (AvgIpc) is 3.27. The number of hydrogen-bond acceptors (Lipinski definition) is 5. The van der Waals surface area contributed by atoms with Gasteiger partial charge in [-0.1, -0.05) is 17.7 Å². The van der Waals surface area contributed by atoms with Crippen LogP contribution in [0.25, 0.3) is 0 Å². The van der Waals surface area contributed by atoms with Crippen molar-refractivity contribution in [2.24, 2.45) is 0 Å². The molecule has 0 radical (unpaired) electrons. The highest BCUT2D eigenvalue weighted by Crippen LogP contribution is 2.42. The standard InChI is InChI=1S/C19H23ClN4OS2/c20-16-6-5-15(27-16)18-17(14-4-1-2-7-21-14)22-19(26)24(18)9-3-8-23-10-12-25-13-11-23/h1-2,4-7,17-18H,3,8-13H2,(H,22,26)/t17-,18+/m0/s1. The van der Waals surface area contributed by atoms with Crippen molar-refractivity contribution in [2.75, 3.05) is 39.4 Å². The molecule has 2 fully saturated rings. The highest BCUT2D eigenvalue weighted by Gasteiger charge is 2.40. The zero-order valence-electron chi connectivity index (χ0n) is 15.0. The smallest absolute Gasteiger partial charge is 0.170 e. The van der Waals surface area contributed by atoms with Crippen LogP contribution in [0.5, 0.6) is 0 Å². The molecule has 0 spiro atoms. The molecule has 4 rings (SSSR count). The maximum absolute atomic E-state index is 6.24. The predicted molar refractivity (Wildman–Crippen MR) is 113 cm³/mol. The molecule has 0 unspecified atom stereocenters. The van der Waals surface area contributed by atoms with E-state index >= 15 is 0 Å². The summed E-state index contributed by atoms with van der Waals surface area (Å²) in [5, 5.41) is 4.29. The zero-order valence-corrected chi connectivity index (χ0v) is 17.4. The lowest BCUT2D eigenvalue weighted by Crippen LogP contribution is -2.38. The van der Waals surface area contributed by atoms with Crippen LogP contribution in [0, 0.1) is 0 Å². The Balaban J connectivity index is 1.50. The zero-order chi connectivity index (χ0) is 18.6. The lowest BCUT2D eigenvalue weighted by molar-refractivity contribution is 0.0366. The minimum atomic E-state index is 0.0387. The van der Waals surface area contributed by atoms with E-state index in [1.54, 1.807) is 11.3 Å². The van der Waals surface area contributed by atoms with E-state index in [9.17, 15) is 0 Å². The number of nitrogens with zero attached hydrogens (tertiary/aromatic N) is 3. The number of thiophene rings is 1. The van der Waals surface area contributed by atoms with Gasteiger partial charge in [-0.05, 0) is 42.9 Å². The quantitative estimate of drug-likeness (QED) is 0.718. The van der Waals surface area contributed by atoms with Crippen molar-refractivity contribution >= 4 is 40.3 Å². The molecule has 2 atom stereocenters. The van der Waals surface area contributed by atoms with E-state index in [4.69, 9.17) is 28.6 Å². The number of aromatic nitrogens is 1. The summed E-state index contributed by atoms with van der Waals surface area (Å²) in [5.74, 6) is 0. The third-order valence-electron chi connectivity index (χ3n) is 5.06. The van der Waals surface area contributed by atoms with E-state index in [0.29, 0.717) is 0 Å². The fourth-order valence-corrected chi connectivity index (χ4v) is 5.28. The van der Waals surface area contributed by atoms with Crippen LogP contribution in [0.3, 0.4) is 0 Å². The monoisotopic (exact) mass is 422 g/mol. The molecule has 144 valence electrons. The first-order valence-corrected chi connectivity index (χ1v) is 10.9. The first kappa shape index (κ1) is 19.1. The molecule has 1 N–H and O–H groups in total. The molecule has 0 aliphatic carbocycles. The van der Waals surface area contributed by atoms with Crippen molar-refractivity contribution in [3.8, 4) is 0 Å². The summed E-state index contributed by atoms with van der Waals surface area (Å²) >= 11 is 13.6. The predicted octanol–water partition coefficient (Wildman–Crippen LogP) is 3.49. The fourth-order valence-electron chi connectivity index (χ4n) is 3.73. The Kier molecular flexibility index (Phi) is 6.24. The largest absolute Gasteiger partial charge is 0.379 e. The molecule has 4 heterocycles. The summed E-state index contributed by atoms with van der Waals surface area (Å²) in [4.78, 5) is 10.5. The normalized spacial score (nSPS) is 23.6. The Morgan fingerprint density at radius 2 is 2.07 bits per heavy atom. The maximum atomic E-state index is 6.24. The molecule has 2 aromatic heterocycles. The summed E-state index contributed by atoms with van der Waals surface area (Å²) < 4.78 is 6.24. The number of pyridine rings is 1. The summed E-state index contributed by atoms with van der Waals surface area (Å²) in [6.45, 7) is 5.68. The summed E-state index contributed by atoms with van der Waals surface area (Å²) in [7, 11) is 0. The van der Waals surface area contributed by atoms with Crippen LogP contribution >= 0.6 is 35.2 Å². The van der Waals surface area contributed by atoms with Gasteiger partial charge in [-0.25, -0.2) is 0 Å². The molecule has 0 bridgehead atoms. The lowest BCUT2D eigenvalue weighted by Gasteiger charge is -2.29. The molecular weight excluding hydrogens is 400 g/mol. The molecule has 2 saturated heterocycles. The topological polar surface area (TPSA) is 40.6 Å². The van der Waals surface area contributed by atoms with Crippen molar-refractivity contribution in [1.29, 1.82) is 0 Å². The number of morpholine rings is 1. The van der Waals surface area contributed by atoms with Gasteiger partial charge in [-0.2, -0.15) is 0 Å².